The molecule has 0 spiro atoms. The van der Waals surface area contributed by atoms with E-state index < -0.39 is 5.60 Å². The standard InChI is InChI=1S/C25H35NO3/c1-5-7-11-16-25(4,29-17-6-2)24(27)26-22-14-15-23(20(3)18-22)28-19-21-12-9-8-10-13-21/h8-10,12-15,18H,5-7,11,16-17,19H2,1-4H3,(H,26,27)/t25-/m1/s1. The number of amides is 1. The maximum Gasteiger partial charge on any atom is 0.256 e. The summed E-state index contributed by atoms with van der Waals surface area (Å²) >= 11 is 0. The molecule has 2 aromatic carbocycles. The number of nitrogens with one attached hydrogen (secondary N) is 1. The largest absolute Gasteiger partial charge is 0.489 e. The molecular weight excluding hydrogens is 362 g/mol. The van der Waals surface area contributed by atoms with E-state index in [4.69, 9.17) is 9.47 Å². The number of benzene rings is 2. The number of carbonyl (C=O) groups excluding carboxylic acids is 1. The van der Waals surface area contributed by atoms with Gasteiger partial charge in [0, 0.05) is 12.3 Å². The molecule has 158 valence electrons. The number of aryl methyl sites for hydroxylation is 1. The fourth-order valence-corrected chi connectivity index (χ4v) is 3.18. The van der Waals surface area contributed by atoms with Crippen LogP contribution in [-0.4, -0.2) is 18.1 Å². The van der Waals surface area contributed by atoms with Crippen molar-refractivity contribution in [3.05, 3.63) is 59.7 Å². The van der Waals surface area contributed by atoms with E-state index >= 15 is 0 Å². The van der Waals surface area contributed by atoms with E-state index in [-0.39, 0.29) is 5.91 Å². The zero-order valence-electron chi connectivity index (χ0n) is 18.3. The number of unbranched alkanes of at least 4 members (excludes halogenated alkanes) is 2. The number of ether oxygens (including phenoxy) is 2. The Bertz CT molecular complexity index is 760. The van der Waals surface area contributed by atoms with Crippen LogP contribution in [0.4, 0.5) is 5.69 Å². The monoisotopic (exact) mass is 397 g/mol. The van der Waals surface area contributed by atoms with E-state index in [1.54, 1.807) is 0 Å². The minimum absolute atomic E-state index is 0.0839. The number of anilines is 1. The number of hydrogen-bond donors (Lipinski definition) is 1. The lowest BCUT2D eigenvalue weighted by Gasteiger charge is -2.29. The van der Waals surface area contributed by atoms with Crippen molar-refractivity contribution in [2.45, 2.75) is 72.0 Å². The summed E-state index contributed by atoms with van der Waals surface area (Å²) in [4.78, 5) is 13.0. The molecule has 1 amide bonds. The van der Waals surface area contributed by atoms with Gasteiger partial charge in [0.1, 0.15) is 18.0 Å². The Morgan fingerprint density at radius 3 is 2.45 bits per heavy atom. The van der Waals surface area contributed by atoms with Gasteiger partial charge < -0.3 is 14.8 Å². The van der Waals surface area contributed by atoms with Gasteiger partial charge >= 0.3 is 0 Å². The smallest absolute Gasteiger partial charge is 0.256 e. The van der Waals surface area contributed by atoms with Gasteiger partial charge in [0.05, 0.1) is 0 Å². The molecule has 0 aliphatic carbocycles. The van der Waals surface area contributed by atoms with E-state index in [0.717, 1.165) is 54.7 Å². The molecule has 4 nitrogen and oxygen atoms in total. The summed E-state index contributed by atoms with van der Waals surface area (Å²) in [6.45, 7) is 9.22. The molecule has 0 aromatic heterocycles. The summed E-state index contributed by atoms with van der Waals surface area (Å²) in [6, 6.07) is 15.8. The average molecular weight is 398 g/mol. The molecule has 0 saturated carbocycles. The lowest BCUT2D eigenvalue weighted by molar-refractivity contribution is -0.140. The third-order valence-electron chi connectivity index (χ3n) is 5.03. The zero-order chi connectivity index (χ0) is 21.1. The highest BCUT2D eigenvalue weighted by molar-refractivity contribution is 5.97. The van der Waals surface area contributed by atoms with E-state index in [9.17, 15) is 4.79 Å². The first kappa shape index (κ1) is 23.0. The second-order valence-corrected chi connectivity index (χ2v) is 7.75. The van der Waals surface area contributed by atoms with Gasteiger partial charge in [-0.05, 0) is 56.0 Å². The van der Waals surface area contributed by atoms with Crippen LogP contribution in [0.15, 0.2) is 48.5 Å². The highest BCUT2D eigenvalue weighted by Crippen LogP contribution is 2.26. The minimum Gasteiger partial charge on any atom is -0.489 e. The molecule has 0 aliphatic heterocycles. The zero-order valence-corrected chi connectivity index (χ0v) is 18.3. The molecule has 2 aromatic rings. The lowest BCUT2D eigenvalue weighted by atomic mass is 9.96. The van der Waals surface area contributed by atoms with Crippen molar-refractivity contribution in [3.63, 3.8) is 0 Å². The van der Waals surface area contributed by atoms with Crippen LogP contribution in [0.2, 0.25) is 0 Å². The Morgan fingerprint density at radius 2 is 1.79 bits per heavy atom. The van der Waals surface area contributed by atoms with Crippen molar-refractivity contribution in [2.24, 2.45) is 0 Å². The molecule has 0 unspecified atom stereocenters. The van der Waals surface area contributed by atoms with Gasteiger partial charge in [-0.2, -0.15) is 0 Å². The quantitative estimate of drug-likeness (QED) is 0.429. The predicted octanol–water partition coefficient (Wildman–Crippen LogP) is 6.28. The van der Waals surface area contributed by atoms with Gasteiger partial charge in [-0.3, -0.25) is 4.79 Å². The maximum atomic E-state index is 13.0. The van der Waals surface area contributed by atoms with Crippen molar-refractivity contribution in [1.29, 1.82) is 0 Å². The summed E-state index contributed by atoms with van der Waals surface area (Å²) < 4.78 is 11.9. The first-order valence-corrected chi connectivity index (χ1v) is 10.7. The molecular formula is C25H35NO3. The Morgan fingerprint density at radius 1 is 1.03 bits per heavy atom. The lowest BCUT2D eigenvalue weighted by Crippen LogP contribution is -2.43. The normalized spacial score (nSPS) is 13.0. The van der Waals surface area contributed by atoms with Crippen molar-refractivity contribution < 1.29 is 14.3 Å². The maximum absolute atomic E-state index is 13.0. The topological polar surface area (TPSA) is 47.6 Å². The third-order valence-corrected chi connectivity index (χ3v) is 5.03. The molecule has 0 saturated heterocycles. The van der Waals surface area contributed by atoms with E-state index in [1.807, 2.05) is 62.4 Å². The second-order valence-electron chi connectivity index (χ2n) is 7.75. The van der Waals surface area contributed by atoms with Crippen LogP contribution in [0.25, 0.3) is 0 Å². The first-order chi connectivity index (χ1) is 14.0. The molecule has 0 radical (unpaired) electrons. The Hall–Kier alpha value is -2.33. The fraction of sp³-hybridized carbons (Fsp3) is 0.480. The Labute approximate surface area is 175 Å². The molecule has 29 heavy (non-hydrogen) atoms. The van der Waals surface area contributed by atoms with Gasteiger partial charge in [0.25, 0.3) is 5.91 Å². The van der Waals surface area contributed by atoms with Gasteiger partial charge in [-0.25, -0.2) is 0 Å². The fourth-order valence-electron chi connectivity index (χ4n) is 3.18. The van der Waals surface area contributed by atoms with Crippen LogP contribution >= 0.6 is 0 Å². The predicted molar refractivity (Wildman–Crippen MR) is 119 cm³/mol. The van der Waals surface area contributed by atoms with Gasteiger partial charge in [0.15, 0.2) is 0 Å². The van der Waals surface area contributed by atoms with E-state index in [0.29, 0.717) is 13.2 Å². The van der Waals surface area contributed by atoms with Crippen molar-refractivity contribution in [1.82, 2.24) is 0 Å². The molecule has 0 bridgehead atoms. The molecule has 1 N–H and O–H groups in total. The highest BCUT2D eigenvalue weighted by atomic mass is 16.5. The summed E-state index contributed by atoms with van der Waals surface area (Å²) in [5.74, 6) is 0.735. The van der Waals surface area contributed by atoms with Crippen LogP contribution in [0.1, 0.15) is 64.0 Å². The van der Waals surface area contributed by atoms with Gasteiger partial charge in [0.2, 0.25) is 0 Å². The number of hydrogen-bond acceptors (Lipinski definition) is 3. The van der Waals surface area contributed by atoms with Gasteiger partial charge in [-0.15, -0.1) is 0 Å². The summed E-state index contributed by atoms with van der Waals surface area (Å²) in [5, 5.41) is 3.04. The molecule has 0 fully saturated rings. The van der Waals surface area contributed by atoms with Gasteiger partial charge in [-0.1, -0.05) is 63.4 Å². The highest BCUT2D eigenvalue weighted by Gasteiger charge is 2.33. The molecule has 2 rings (SSSR count). The Kier molecular flexibility index (Phi) is 9.20. The Balaban J connectivity index is 2.01. The van der Waals surface area contributed by atoms with Crippen molar-refractivity contribution in [3.8, 4) is 5.75 Å². The van der Waals surface area contributed by atoms with Crippen LogP contribution in [0.5, 0.6) is 5.75 Å². The second kappa shape index (κ2) is 11.6. The van der Waals surface area contributed by atoms with E-state index in [2.05, 4.69) is 19.2 Å². The number of rotatable bonds is 12. The molecule has 1 atom stereocenters. The first-order valence-electron chi connectivity index (χ1n) is 10.7. The minimum atomic E-state index is -0.804. The molecule has 0 aliphatic rings. The van der Waals surface area contributed by atoms with Crippen LogP contribution in [-0.2, 0) is 16.1 Å². The van der Waals surface area contributed by atoms with Crippen LogP contribution < -0.4 is 10.1 Å². The van der Waals surface area contributed by atoms with Crippen molar-refractivity contribution in [2.75, 3.05) is 11.9 Å². The number of carbonyl (C=O) groups is 1. The van der Waals surface area contributed by atoms with Crippen molar-refractivity contribution >= 4 is 11.6 Å². The average Bonchev–Trinajstić information content (AvgIpc) is 2.72. The SMILES string of the molecule is CCCCC[C@@](C)(OCCC)C(=O)Nc1ccc(OCc2ccccc2)c(C)c1. The van der Waals surface area contributed by atoms with Crippen LogP contribution in [0, 0.1) is 6.92 Å². The third kappa shape index (κ3) is 7.21. The molecule has 0 heterocycles. The summed E-state index contributed by atoms with van der Waals surface area (Å²) in [7, 11) is 0. The van der Waals surface area contributed by atoms with E-state index in [1.165, 1.54) is 0 Å². The van der Waals surface area contributed by atoms with Crippen LogP contribution in [0.3, 0.4) is 0 Å². The summed E-state index contributed by atoms with van der Waals surface area (Å²) in [6.07, 6.45) is 4.82. The summed E-state index contributed by atoms with van der Waals surface area (Å²) in [5.41, 5.74) is 2.07. The molecule has 4 heteroatoms.